The molecule has 2 atom stereocenters. The number of fused-ring (bicyclic) bond motifs is 1. The molecule has 8 heteroatoms. The monoisotopic (exact) mass is 448 g/mol. The molecule has 0 saturated carbocycles. The quantitative estimate of drug-likeness (QED) is 0.691. The number of carbonyl (C=O) groups is 2. The number of ether oxygens (including phenoxy) is 2. The Labute approximate surface area is 169 Å². The Bertz CT molecular complexity index is 893. The molecule has 2 aliphatic rings. The number of amides is 1. The molecule has 0 saturated heterocycles. The lowest BCUT2D eigenvalue weighted by Gasteiger charge is -2.26. The van der Waals surface area contributed by atoms with Crippen LogP contribution >= 0.6 is 15.9 Å². The summed E-state index contributed by atoms with van der Waals surface area (Å²) in [6.07, 6.45) is 3.77. The Kier molecular flexibility index (Phi) is 6.41. The van der Waals surface area contributed by atoms with Crippen molar-refractivity contribution >= 4 is 33.7 Å². The number of esters is 1. The number of halogens is 2. The third-order valence-electron chi connectivity index (χ3n) is 4.09. The van der Waals surface area contributed by atoms with Gasteiger partial charge < -0.3 is 9.47 Å². The fourth-order valence-corrected chi connectivity index (χ4v) is 3.18. The zero-order valence-electron chi connectivity index (χ0n) is 15.0. The van der Waals surface area contributed by atoms with Gasteiger partial charge in [0.2, 0.25) is 0 Å². The van der Waals surface area contributed by atoms with E-state index in [4.69, 9.17) is 9.47 Å². The Balaban J connectivity index is 1.76. The molecule has 3 rings (SSSR count). The van der Waals surface area contributed by atoms with Gasteiger partial charge in [-0.25, -0.2) is 14.0 Å². The summed E-state index contributed by atoms with van der Waals surface area (Å²) in [7, 11) is 0. The minimum absolute atomic E-state index is 0.0352. The minimum Gasteiger partial charge on any atom is -0.461 e. The fraction of sp³-hybridized carbons (Fsp3) is 0.250. The second-order valence-electron chi connectivity index (χ2n) is 6.06. The van der Waals surface area contributed by atoms with Crippen molar-refractivity contribution in [3.8, 4) is 0 Å². The number of nitrogens with one attached hydrogen (secondary N) is 1. The molecular weight excluding hydrogens is 431 g/mol. The van der Waals surface area contributed by atoms with Gasteiger partial charge in [-0.05, 0) is 46.6 Å². The molecule has 1 N–H and O–H groups in total. The second kappa shape index (κ2) is 8.97. The number of benzene rings is 1. The summed E-state index contributed by atoms with van der Waals surface area (Å²) in [6, 6.07) is 8.70. The van der Waals surface area contributed by atoms with Crippen LogP contribution in [0.1, 0.15) is 12.5 Å². The number of carbonyl (C=O) groups excluding carboxylic acids is 2. The SMILES string of the molecule is CCOC(=O)C1=NC2C=C(Br)C(F)=CC2C=C1NC(=O)OCc1ccccc1. The van der Waals surface area contributed by atoms with Crippen LogP contribution in [0.2, 0.25) is 0 Å². The molecule has 1 aliphatic carbocycles. The zero-order valence-corrected chi connectivity index (χ0v) is 16.6. The average molecular weight is 449 g/mol. The predicted molar refractivity (Wildman–Crippen MR) is 105 cm³/mol. The zero-order chi connectivity index (χ0) is 20.1. The van der Waals surface area contributed by atoms with E-state index in [2.05, 4.69) is 26.2 Å². The van der Waals surface area contributed by atoms with E-state index in [0.717, 1.165) is 5.56 Å². The molecule has 1 heterocycles. The molecule has 1 aromatic rings. The molecule has 0 bridgehead atoms. The summed E-state index contributed by atoms with van der Waals surface area (Å²) in [4.78, 5) is 28.8. The summed E-state index contributed by atoms with van der Waals surface area (Å²) >= 11 is 3.12. The summed E-state index contributed by atoms with van der Waals surface area (Å²) in [5.74, 6) is -1.54. The first-order valence-electron chi connectivity index (χ1n) is 8.67. The maximum Gasteiger partial charge on any atom is 0.412 e. The fourth-order valence-electron chi connectivity index (χ4n) is 2.78. The number of allylic oxidation sites excluding steroid dienone is 2. The van der Waals surface area contributed by atoms with Gasteiger partial charge in [0.1, 0.15) is 12.4 Å². The van der Waals surface area contributed by atoms with Gasteiger partial charge in [0, 0.05) is 5.92 Å². The van der Waals surface area contributed by atoms with Gasteiger partial charge in [-0.2, -0.15) is 0 Å². The van der Waals surface area contributed by atoms with Crippen molar-refractivity contribution in [1.82, 2.24) is 5.32 Å². The Morgan fingerprint density at radius 3 is 2.64 bits per heavy atom. The van der Waals surface area contributed by atoms with E-state index in [9.17, 15) is 14.0 Å². The van der Waals surface area contributed by atoms with Crippen LogP contribution in [0.15, 0.2) is 69.6 Å². The number of hydrogen-bond acceptors (Lipinski definition) is 5. The van der Waals surface area contributed by atoms with Crippen LogP contribution in [0.25, 0.3) is 0 Å². The van der Waals surface area contributed by atoms with E-state index < -0.39 is 29.8 Å². The molecule has 0 fully saturated rings. The van der Waals surface area contributed by atoms with Crippen LogP contribution in [-0.4, -0.2) is 30.4 Å². The van der Waals surface area contributed by atoms with E-state index in [1.807, 2.05) is 30.3 Å². The van der Waals surface area contributed by atoms with Gasteiger partial charge in [-0.15, -0.1) is 0 Å². The van der Waals surface area contributed by atoms with Crippen LogP contribution in [0.5, 0.6) is 0 Å². The van der Waals surface area contributed by atoms with Gasteiger partial charge >= 0.3 is 12.1 Å². The molecule has 28 heavy (non-hydrogen) atoms. The van der Waals surface area contributed by atoms with Crippen LogP contribution in [-0.2, 0) is 20.9 Å². The Morgan fingerprint density at radius 1 is 1.18 bits per heavy atom. The largest absolute Gasteiger partial charge is 0.461 e. The van der Waals surface area contributed by atoms with E-state index in [1.165, 1.54) is 6.08 Å². The van der Waals surface area contributed by atoms with Crippen LogP contribution in [0, 0.1) is 5.92 Å². The van der Waals surface area contributed by atoms with Gasteiger partial charge in [-0.3, -0.25) is 10.3 Å². The van der Waals surface area contributed by atoms with Crippen LogP contribution in [0.4, 0.5) is 9.18 Å². The highest BCUT2D eigenvalue weighted by molar-refractivity contribution is 9.11. The molecule has 146 valence electrons. The van der Waals surface area contributed by atoms with E-state index in [0.29, 0.717) is 0 Å². The van der Waals surface area contributed by atoms with Crippen molar-refractivity contribution in [1.29, 1.82) is 0 Å². The molecule has 0 spiro atoms. The van der Waals surface area contributed by atoms with Gasteiger partial charge in [-0.1, -0.05) is 30.3 Å². The third-order valence-corrected chi connectivity index (χ3v) is 4.73. The molecule has 1 amide bonds. The molecule has 2 unspecified atom stereocenters. The van der Waals surface area contributed by atoms with Crippen molar-refractivity contribution in [3.05, 3.63) is 70.1 Å². The summed E-state index contributed by atoms with van der Waals surface area (Å²) in [5.41, 5.74) is 0.919. The van der Waals surface area contributed by atoms with Crippen molar-refractivity contribution in [2.75, 3.05) is 6.61 Å². The number of nitrogens with zero attached hydrogens (tertiary/aromatic N) is 1. The average Bonchev–Trinajstić information content (AvgIpc) is 2.68. The number of rotatable bonds is 5. The normalized spacial score (nSPS) is 20.7. The van der Waals surface area contributed by atoms with Gasteiger partial charge in [0.25, 0.3) is 0 Å². The number of hydrogen-bond donors (Lipinski definition) is 1. The number of alkyl carbamates (subject to hydrolysis) is 1. The highest BCUT2D eigenvalue weighted by Crippen LogP contribution is 2.33. The molecule has 6 nitrogen and oxygen atoms in total. The molecule has 1 aromatic carbocycles. The lowest BCUT2D eigenvalue weighted by atomic mass is 9.90. The first-order valence-corrected chi connectivity index (χ1v) is 9.47. The molecule has 0 radical (unpaired) electrons. The first kappa shape index (κ1) is 20.0. The first-order chi connectivity index (χ1) is 13.5. The van der Waals surface area contributed by atoms with Gasteiger partial charge in [0.05, 0.1) is 22.8 Å². The predicted octanol–water partition coefficient (Wildman–Crippen LogP) is 3.95. The smallest absolute Gasteiger partial charge is 0.412 e. The maximum absolute atomic E-state index is 13.9. The van der Waals surface area contributed by atoms with E-state index >= 15 is 0 Å². The Hall–Kier alpha value is -2.74. The Morgan fingerprint density at radius 2 is 1.93 bits per heavy atom. The van der Waals surface area contributed by atoms with Crippen molar-refractivity contribution < 1.29 is 23.5 Å². The van der Waals surface area contributed by atoms with Crippen molar-refractivity contribution in [2.45, 2.75) is 19.6 Å². The standard InChI is InChI=1S/C20H18BrFN2O4/c1-2-27-19(25)18-17(9-13-8-15(22)14(21)10-16(13)23-18)24-20(26)28-11-12-6-4-3-5-7-12/h3-10,13,16H,2,11H2,1H3,(H,24,26). The lowest BCUT2D eigenvalue weighted by molar-refractivity contribution is -0.135. The summed E-state index contributed by atoms with van der Waals surface area (Å²) < 4.78 is 24.4. The van der Waals surface area contributed by atoms with Crippen molar-refractivity contribution in [3.63, 3.8) is 0 Å². The molecule has 0 aromatic heterocycles. The topological polar surface area (TPSA) is 77.0 Å². The lowest BCUT2D eigenvalue weighted by Crippen LogP contribution is -2.37. The van der Waals surface area contributed by atoms with E-state index in [1.54, 1.807) is 19.1 Å². The van der Waals surface area contributed by atoms with Gasteiger partial charge in [0.15, 0.2) is 5.71 Å². The van der Waals surface area contributed by atoms with Crippen LogP contribution in [0.3, 0.4) is 0 Å². The highest BCUT2D eigenvalue weighted by atomic mass is 79.9. The maximum atomic E-state index is 13.9. The second-order valence-corrected chi connectivity index (χ2v) is 6.92. The highest BCUT2D eigenvalue weighted by Gasteiger charge is 2.32. The number of dihydropyridines is 1. The molecule has 1 aliphatic heterocycles. The third kappa shape index (κ3) is 4.75. The van der Waals surface area contributed by atoms with E-state index in [-0.39, 0.29) is 29.1 Å². The van der Waals surface area contributed by atoms with Crippen LogP contribution < -0.4 is 5.32 Å². The summed E-state index contributed by atoms with van der Waals surface area (Å²) in [5, 5.41) is 2.52. The molecular formula is C20H18BrFN2O4. The summed E-state index contributed by atoms with van der Waals surface area (Å²) in [6.45, 7) is 1.90. The minimum atomic E-state index is -0.748. The number of aliphatic imine (C=N–C) groups is 1. The van der Waals surface area contributed by atoms with Crippen molar-refractivity contribution in [2.24, 2.45) is 10.9 Å².